The van der Waals surface area contributed by atoms with Crippen LogP contribution in [0, 0.1) is 11.3 Å². The summed E-state index contributed by atoms with van der Waals surface area (Å²) >= 11 is 6.18. The van der Waals surface area contributed by atoms with Crippen LogP contribution >= 0.6 is 11.6 Å². The molecule has 0 fully saturated rings. The monoisotopic (exact) mass is 443 g/mol. The minimum atomic E-state index is -4.01. The Hall–Kier alpha value is -3.19. The van der Waals surface area contributed by atoms with Crippen LogP contribution in [0.2, 0.25) is 5.02 Å². The molecule has 1 N–H and O–H groups in total. The summed E-state index contributed by atoms with van der Waals surface area (Å²) in [7, 11) is -2.73. The van der Waals surface area contributed by atoms with Gasteiger partial charge in [-0.2, -0.15) is 14.7 Å². The van der Waals surface area contributed by atoms with Crippen molar-refractivity contribution < 1.29 is 13.2 Å². The van der Waals surface area contributed by atoms with Crippen LogP contribution in [0.3, 0.4) is 0 Å². The van der Waals surface area contributed by atoms with E-state index in [0.717, 1.165) is 9.87 Å². The Bertz CT molecular complexity index is 1220. The van der Waals surface area contributed by atoms with Crippen LogP contribution in [0.4, 0.5) is 5.82 Å². The zero-order chi connectivity index (χ0) is 21.7. The maximum absolute atomic E-state index is 12.8. The number of anilines is 1. The standard InChI is InChI=1S/C20H18ClN5O3S/c1-25(30(28,29)18-9-5-3-6-15(18)12-22)14-20(27)24-19-10-11-23-26(19)13-16-7-2-4-8-17(16)21/h2-11H,13-14H2,1H3,(H,24,27). The minimum Gasteiger partial charge on any atom is -0.310 e. The smallest absolute Gasteiger partial charge is 0.244 e. The van der Waals surface area contributed by atoms with Crippen molar-refractivity contribution in [3.63, 3.8) is 0 Å². The first kappa shape index (κ1) is 21.5. The molecule has 3 rings (SSSR count). The minimum absolute atomic E-state index is 0.0163. The average Bonchev–Trinajstić information content (AvgIpc) is 3.15. The van der Waals surface area contributed by atoms with Crippen molar-refractivity contribution in [3.05, 3.63) is 76.9 Å². The third kappa shape index (κ3) is 4.68. The molecular formula is C20H18ClN5O3S. The summed E-state index contributed by atoms with van der Waals surface area (Å²) in [6, 6.07) is 16.6. The van der Waals surface area contributed by atoms with Crippen LogP contribution < -0.4 is 5.32 Å². The van der Waals surface area contributed by atoms with Crippen molar-refractivity contribution in [2.24, 2.45) is 0 Å². The second-order valence-electron chi connectivity index (χ2n) is 6.38. The lowest BCUT2D eigenvalue weighted by molar-refractivity contribution is -0.116. The molecule has 1 amide bonds. The molecular weight excluding hydrogens is 426 g/mol. The van der Waals surface area contributed by atoms with E-state index in [2.05, 4.69) is 10.4 Å². The quantitative estimate of drug-likeness (QED) is 0.604. The number of nitrogens with one attached hydrogen (secondary N) is 1. The third-order valence-corrected chi connectivity index (χ3v) is 6.55. The molecule has 1 heterocycles. The number of likely N-dealkylation sites (N-methyl/N-ethyl adjacent to an activating group) is 1. The number of nitrogens with zero attached hydrogens (tertiary/aromatic N) is 4. The largest absolute Gasteiger partial charge is 0.310 e. The number of sulfonamides is 1. The molecule has 0 saturated heterocycles. The van der Waals surface area contributed by atoms with Gasteiger partial charge < -0.3 is 5.32 Å². The number of amides is 1. The number of carbonyl (C=O) groups excluding carboxylic acids is 1. The van der Waals surface area contributed by atoms with Crippen molar-refractivity contribution in [2.75, 3.05) is 18.9 Å². The zero-order valence-corrected chi connectivity index (χ0v) is 17.6. The van der Waals surface area contributed by atoms with Crippen LogP contribution in [-0.2, 0) is 21.4 Å². The fourth-order valence-electron chi connectivity index (χ4n) is 2.77. The maximum atomic E-state index is 12.8. The lowest BCUT2D eigenvalue weighted by Gasteiger charge is -2.18. The number of carbonyl (C=O) groups is 1. The van der Waals surface area contributed by atoms with E-state index < -0.39 is 22.5 Å². The molecule has 0 atom stereocenters. The Morgan fingerprint density at radius 2 is 1.90 bits per heavy atom. The molecule has 10 heteroatoms. The first-order valence-electron chi connectivity index (χ1n) is 8.83. The van der Waals surface area contributed by atoms with Gasteiger partial charge in [0.15, 0.2) is 0 Å². The summed E-state index contributed by atoms with van der Waals surface area (Å²) < 4.78 is 28.0. The average molecular weight is 444 g/mol. The van der Waals surface area contributed by atoms with Crippen molar-refractivity contribution in [3.8, 4) is 6.07 Å². The number of nitriles is 1. The SMILES string of the molecule is CN(CC(=O)Nc1ccnn1Cc1ccccc1Cl)S(=O)(=O)c1ccccc1C#N. The number of rotatable bonds is 7. The fourth-order valence-corrected chi connectivity index (χ4v) is 4.23. The molecule has 1 aromatic heterocycles. The third-order valence-electron chi connectivity index (χ3n) is 4.32. The first-order chi connectivity index (χ1) is 14.3. The molecule has 8 nitrogen and oxygen atoms in total. The van der Waals surface area contributed by atoms with Crippen molar-refractivity contribution in [1.29, 1.82) is 5.26 Å². The summed E-state index contributed by atoms with van der Waals surface area (Å²) in [6.45, 7) is -0.0919. The van der Waals surface area contributed by atoms with Gasteiger partial charge in [0.2, 0.25) is 15.9 Å². The Morgan fingerprint density at radius 1 is 1.20 bits per heavy atom. The predicted molar refractivity (Wildman–Crippen MR) is 112 cm³/mol. The van der Waals surface area contributed by atoms with E-state index in [1.54, 1.807) is 22.9 Å². The molecule has 154 valence electrons. The second-order valence-corrected chi connectivity index (χ2v) is 8.80. The summed E-state index contributed by atoms with van der Waals surface area (Å²) in [5.41, 5.74) is 0.841. The van der Waals surface area contributed by atoms with Gasteiger partial charge >= 0.3 is 0 Å². The normalized spacial score (nSPS) is 11.3. The number of hydrogen-bond donors (Lipinski definition) is 1. The van der Waals surface area contributed by atoms with Gasteiger partial charge in [0.05, 0.1) is 29.7 Å². The number of hydrogen-bond acceptors (Lipinski definition) is 5. The van der Waals surface area contributed by atoms with E-state index in [0.29, 0.717) is 17.4 Å². The summed E-state index contributed by atoms with van der Waals surface area (Å²) in [5.74, 6) is -0.139. The van der Waals surface area contributed by atoms with E-state index in [-0.39, 0.29) is 10.5 Å². The maximum Gasteiger partial charge on any atom is 0.244 e. The zero-order valence-electron chi connectivity index (χ0n) is 16.0. The Labute approximate surface area is 179 Å². The van der Waals surface area contributed by atoms with Crippen LogP contribution in [0.1, 0.15) is 11.1 Å². The summed E-state index contributed by atoms with van der Waals surface area (Å²) in [4.78, 5) is 12.3. The van der Waals surface area contributed by atoms with Crippen LogP contribution in [0.5, 0.6) is 0 Å². The number of benzene rings is 2. The Morgan fingerprint density at radius 3 is 2.63 bits per heavy atom. The molecule has 3 aromatic rings. The predicted octanol–water partition coefficient (Wildman–Crippen LogP) is 2.72. The fraction of sp³-hybridized carbons (Fsp3) is 0.150. The number of aromatic nitrogens is 2. The first-order valence-corrected chi connectivity index (χ1v) is 10.7. The van der Waals surface area contributed by atoms with E-state index in [1.807, 2.05) is 24.3 Å². The lowest BCUT2D eigenvalue weighted by Crippen LogP contribution is -2.35. The van der Waals surface area contributed by atoms with E-state index in [9.17, 15) is 13.2 Å². The van der Waals surface area contributed by atoms with Crippen molar-refractivity contribution in [2.45, 2.75) is 11.4 Å². The van der Waals surface area contributed by atoms with Crippen molar-refractivity contribution >= 4 is 33.3 Å². The van der Waals surface area contributed by atoms with Gasteiger partial charge in [-0.15, -0.1) is 0 Å². The van der Waals surface area contributed by atoms with Gasteiger partial charge in [0.25, 0.3) is 0 Å². The highest BCUT2D eigenvalue weighted by molar-refractivity contribution is 7.89. The van der Waals surface area contributed by atoms with Gasteiger partial charge in [-0.25, -0.2) is 13.1 Å². The molecule has 0 unspecified atom stereocenters. The summed E-state index contributed by atoms with van der Waals surface area (Å²) in [6.07, 6.45) is 1.52. The van der Waals surface area contributed by atoms with Crippen LogP contribution in [-0.4, -0.2) is 42.0 Å². The Balaban J connectivity index is 1.72. The highest BCUT2D eigenvalue weighted by atomic mass is 35.5. The molecule has 0 saturated carbocycles. The van der Waals surface area contributed by atoms with E-state index in [4.69, 9.17) is 16.9 Å². The molecule has 0 spiro atoms. The highest BCUT2D eigenvalue weighted by Crippen LogP contribution is 2.20. The second kappa shape index (κ2) is 9.09. The van der Waals surface area contributed by atoms with Crippen LogP contribution in [0.25, 0.3) is 0 Å². The highest BCUT2D eigenvalue weighted by Gasteiger charge is 2.25. The molecule has 0 aliphatic rings. The molecule has 0 aliphatic heterocycles. The molecule has 0 bridgehead atoms. The van der Waals surface area contributed by atoms with Crippen LogP contribution in [0.15, 0.2) is 65.7 Å². The van der Waals surface area contributed by atoms with E-state index >= 15 is 0 Å². The van der Waals surface area contributed by atoms with E-state index in [1.165, 1.54) is 31.4 Å². The molecule has 30 heavy (non-hydrogen) atoms. The van der Waals surface area contributed by atoms with Gasteiger partial charge in [-0.1, -0.05) is 41.9 Å². The lowest BCUT2D eigenvalue weighted by atomic mass is 10.2. The van der Waals surface area contributed by atoms with Gasteiger partial charge in [0, 0.05) is 18.1 Å². The number of halogens is 1. The Kier molecular flexibility index (Phi) is 6.52. The molecule has 0 aliphatic carbocycles. The van der Waals surface area contributed by atoms with Crippen molar-refractivity contribution in [1.82, 2.24) is 14.1 Å². The molecule has 2 aromatic carbocycles. The molecule has 0 radical (unpaired) electrons. The van der Waals surface area contributed by atoms with Gasteiger partial charge in [-0.05, 0) is 23.8 Å². The summed E-state index contributed by atoms with van der Waals surface area (Å²) in [5, 5.41) is 16.6. The van der Waals surface area contributed by atoms with Gasteiger partial charge in [0.1, 0.15) is 11.9 Å². The van der Waals surface area contributed by atoms with Gasteiger partial charge in [-0.3, -0.25) is 4.79 Å². The topological polar surface area (TPSA) is 108 Å².